The number of carboxylic acids is 1. The molecule has 104 valence electrons. The lowest BCUT2D eigenvalue weighted by atomic mass is 10.1. The normalized spacial score (nSPS) is 11.7. The molecule has 1 aromatic rings. The second-order valence-electron chi connectivity index (χ2n) is 3.91. The molecule has 0 aliphatic carbocycles. The fourth-order valence-electron chi connectivity index (χ4n) is 1.24. The van der Waals surface area contributed by atoms with Gasteiger partial charge in [0.1, 0.15) is 18.3 Å². The van der Waals surface area contributed by atoms with Gasteiger partial charge in [-0.2, -0.15) is 0 Å². The first-order valence-electron chi connectivity index (χ1n) is 5.80. The van der Waals surface area contributed by atoms with Gasteiger partial charge in [0.15, 0.2) is 0 Å². The van der Waals surface area contributed by atoms with Gasteiger partial charge in [0.2, 0.25) is 5.91 Å². The molecule has 0 aromatic heterocycles. The van der Waals surface area contributed by atoms with Crippen molar-refractivity contribution in [1.29, 1.82) is 0 Å². The van der Waals surface area contributed by atoms with Gasteiger partial charge < -0.3 is 19.9 Å². The second-order valence-corrected chi connectivity index (χ2v) is 3.91. The Bertz CT molecular complexity index is 429. The van der Waals surface area contributed by atoms with E-state index in [-0.39, 0.29) is 0 Å². The summed E-state index contributed by atoms with van der Waals surface area (Å²) in [5.74, 6) is -2.14. The predicted octanol–water partition coefficient (Wildman–Crippen LogP) is 1.37. The van der Waals surface area contributed by atoms with Crippen molar-refractivity contribution in [3.05, 3.63) is 24.3 Å². The van der Waals surface area contributed by atoms with Crippen LogP contribution in [-0.2, 0) is 14.3 Å². The van der Waals surface area contributed by atoms with E-state index in [1.807, 2.05) is 0 Å². The molecule has 0 aliphatic rings. The van der Waals surface area contributed by atoms with Crippen molar-refractivity contribution in [2.75, 3.05) is 25.6 Å². The second kappa shape index (κ2) is 7.38. The maximum atomic E-state index is 11.5. The summed E-state index contributed by atoms with van der Waals surface area (Å²) in [5.41, 5.74) is 0.525. The van der Waals surface area contributed by atoms with Crippen LogP contribution in [0.1, 0.15) is 6.92 Å². The molecule has 1 amide bonds. The SMILES string of the molecule is COCCOc1ccc(NC(=O)C(C)C(=O)O)cc1. The Balaban J connectivity index is 2.52. The summed E-state index contributed by atoms with van der Waals surface area (Å²) in [6.07, 6.45) is 0. The molecule has 1 atom stereocenters. The molecule has 0 saturated carbocycles. The Labute approximate surface area is 111 Å². The molecular weight excluding hydrogens is 250 g/mol. The van der Waals surface area contributed by atoms with Crippen molar-refractivity contribution in [3.8, 4) is 5.75 Å². The zero-order chi connectivity index (χ0) is 14.3. The van der Waals surface area contributed by atoms with Crippen molar-refractivity contribution in [3.63, 3.8) is 0 Å². The fraction of sp³-hybridized carbons (Fsp3) is 0.385. The minimum atomic E-state index is -1.16. The van der Waals surface area contributed by atoms with Crippen LogP contribution in [-0.4, -0.2) is 37.3 Å². The lowest BCUT2D eigenvalue weighted by molar-refractivity contribution is -0.144. The number of carboxylic acid groups (broad SMARTS) is 1. The number of amides is 1. The number of hydrogen-bond donors (Lipinski definition) is 2. The summed E-state index contributed by atoms with van der Waals surface area (Å²) >= 11 is 0. The first-order valence-corrected chi connectivity index (χ1v) is 5.80. The summed E-state index contributed by atoms with van der Waals surface area (Å²) < 4.78 is 10.2. The summed E-state index contributed by atoms with van der Waals surface area (Å²) in [6, 6.07) is 6.68. The Morgan fingerprint density at radius 3 is 2.42 bits per heavy atom. The van der Waals surface area contributed by atoms with Crippen molar-refractivity contribution in [1.82, 2.24) is 0 Å². The monoisotopic (exact) mass is 267 g/mol. The maximum Gasteiger partial charge on any atom is 0.315 e. The molecule has 1 aromatic carbocycles. The maximum absolute atomic E-state index is 11.5. The highest BCUT2D eigenvalue weighted by Crippen LogP contribution is 2.16. The Hall–Kier alpha value is -2.08. The van der Waals surface area contributed by atoms with E-state index < -0.39 is 17.8 Å². The third-order valence-corrected chi connectivity index (χ3v) is 2.44. The van der Waals surface area contributed by atoms with Crippen molar-refractivity contribution in [2.45, 2.75) is 6.92 Å². The number of carbonyl (C=O) groups is 2. The van der Waals surface area contributed by atoms with Gasteiger partial charge in [-0.3, -0.25) is 9.59 Å². The summed E-state index contributed by atoms with van der Waals surface area (Å²) in [7, 11) is 1.59. The number of methoxy groups -OCH3 is 1. The molecule has 6 heteroatoms. The van der Waals surface area contributed by atoms with Crippen LogP contribution >= 0.6 is 0 Å². The zero-order valence-corrected chi connectivity index (χ0v) is 10.9. The molecule has 6 nitrogen and oxygen atoms in total. The molecule has 0 heterocycles. The van der Waals surface area contributed by atoms with Gasteiger partial charge >= 0.3 is 5.97 Å². The zero-order valence-electron chi connectivity index (χ0n) is 10.9. The van der Waals surface area contributed by atoms with Crippen molar-refractivity contribution < 1.29 is 24.2 Å². The van der Waals surface area contributed by atoms with Gasteiger partial charge in [0.05, 0.1) is 6.61 Å². The lowest BCUT2D eigenvalue weighted by Gasteiger charge is -2.09. The first-order chi connectivity index (χ1) is 9.04. The average molecular weight is 267 g/mol. The van der Waals surface area contributed by atoms with Crippen LogP contribution in [0.2, 0.25) is 0 Å². The standard InChI is InChI=1S/C13H17NO5/c1-9(13(16)17)12(15)14-10-3-5-11(6-4-10)19-8-7-18-2/h3-6,9H,7-8H2,1-2H3,(H,14,15)(H,16,17). The number of nitrogens with one attached hydrogen (secondary N) is 1. The summed E-state index contributed by atoms with van der Waals surface area (Å²) in [6.45, 7) is 2.27. The minimum absolute atomic E-state index is 0.443. The predicted molar refractivity (Wildman–Crippen MR) is 69.2 cm³/mol. The molecule has 0 bridgehead atoms. The highest BCUT2D eigenvalue weighted by atomic mass is 16.5. The van der Waals surface area contributed by atoms with Crippen molar-refractivity contribution >= 4 is 17.6 Å². The van der Waals surface area contributed by atoms with Crippen LogP contribution in [0.3, 0.4) is 0 Å². The molecule has 1 unspecified atom stereocenters. The number of aliphatic carboxylic acids is 1. The van der Waals surface area contributed by atoms with Crippen LogP contribution in [0, 0.1) is 5.92 Å². The Morgan fingerprint density at radius 1 is 1.26 bits per heavy atom. The fourth-order valence-corrected chi connectivity index (χ4v) is 1.24. The molecule has 0 fully saturated rings. The van der Waals surface area contributed by atoms with Gasteiger partial charge in [0, 0.05) is 12.8 Å². The van der Waals surface area contributed by atoms with Crippen LogP contribution in [0.4, 0.5) is 5.69 Å². The number of carbonyl (C=O) groups excluding carboxylic acids is 1. The van der Waals surface area contributed by atoms with E-state index in [2.05, 4.69) is 5.32 Å². The van der Waals surface area contributed by atoms with E-state index in [1.54, 1.807) is 31.4 Å². The van der Waals surface area contributed by atoms with Gasteiger partial charge in [-0.15, -0.1) is 0 Å². The Morgan fingerprint density at radius 2 is 1.89 bits per heavy atom. The largest absolute Gasteiger partial charge is 0.491 e. The van der Waals surface area contributed by atoms with Gasteiger partial charge in [-0.25, -0.2) is 0 Å². The topological polar surface area (TPSA) is 84.9 Å². The van der Waals surface area contributed by atoms with Gasteiger partial charge in [-0.1, -0.05) is 0 Å². The van der Waals surface area contributed by atoms with Crippen LogP contribution in [0.15, 0.2) is 24.3 Å². The van der Waals surface area contributed by atoms with E-state index in [0.717, 1.165) is 0 Å². The van der Waals surface area contributed by atoms with Crippen LogP contribution in [0.5, 0.6) is 5.75 Å². The Kier molecular flexibility index (Phi) is 5.81. The molecule has 0 saturated heterocycles. The molecule has 0 radical (unpaired) electrons. The average Bonchev–Trinajstić information content (AvgIpc) is 2.40. The van der Waals surface area contributed by atoms with E-state index >= 15 is 0 Å². The third kappa shape index (κ3) is 4.97. The number of rotatable bonds is 7. The van der Waals surface area contributed by atoms with Crippen LogP contribution in [0.25, 0.3) is 0 Å². The van der Waals surface area contributed by atoms with Crippen molar-refractivity contribution in [2.24, 2.45) is 5.92 Å². The van der Waals surface area contributed by atoms with Gasteiger partial charge in [-0.05, 0) is 31.2 Å². The smallest absolute Gasteiger partial charge is 0.315 e. The van der Waals surface area contributed by atoms with Crippen LogP contribution < -0.4 is 10.1 Å². The molecule has 0 aliphatic heterocycles. The number of hydrogen-bond acceptors (Lipinski definition) is 4. The number of benzene rings is 1. The number of ether oxygens (including phenoxy) is 2. The molecule has 0 spiro atoms. The molecular formula is C13H17NO5. The molecule has 1 rings (SSSR count). The van der Waals surface area contributed by atoms with E-state index in [0.29, 0.717) is 24.7 Å². The molecule has 19 heavy (non-hydrogen) atoms. The van der Waals surface area contributed by atoms with E-state index in [9.17, 15) is 9.59 Å². The highest BCUT2D eigenvalue weighted by molar-refractivity contribution is 6.03. The van der Waals surface area contributed by atoms with E-state index in [1.165, 1.54) is 6.92 Å². The summed E-state index contributed by atoms with van der Waals surface area (Å²) in [5, 5.41) is 11.2. The highest BCUT2D eigenvalue weighted by Gasteiger charge is 2.20. The van der Waals surface area contributed by atoms with Gasteiger partial charge in [0.25, 0.3) is 0 Å². The minimum Gasteiger partial charge on any atom is -0.491 e. The molecule has 2 N–H and O–H groups in total. The van der Waals surface area contributed by atoms with E-state index in [4.69, 9.17) is 14.6 Å². The quantitative estimate of drug-likeness (QED) is 0.575. The first kappa shape index (κ1) is 15.0. The summed E-state index contributed by atoms with van der Waals surface area (Å²) in [4.78, 5) is 22.1. The number of anilines is 1. The lowest BCUT2D eigenvalue weighted by Crippen LogP contribution is -2.26. The third-order valence-electron chi connectivity index (χ3n) is 2.44.